The van der Waals surface area contributed by atoms with Crippen molar-refractivity contribution < 1.29 is 52.6 Å². The number of aromatic carboxylic acids is 2. The van der Waals surface area contributed by atoms with Crippen LogP contribution in [0.3, 0.4) is 0 Å². The number of carboxylic acids is 2. The van der Waals surface area contributed by atoms with Crippen LogP contribution in [0.15, 0.2) is 48.5 Å². The Kier molecular flexibility index (Phi) is 10.1. The molecule has 8 heteroatoms. The van der Waals surface area contributed by atoms with Gasteiger partial charge in [0.1, 0.15) is 11.5 Å². The van der Waals surface area contributed by atoms with Gasteiger partial charge in [-0.05, 0) is 24.3 Å². The van der Waals surface area contributed by atoms with Gasteiger partial charge in [0.05, 0.1) is 11.9 Å². The van der Waals surface area contributed by atoms with E-state index in [1.165, 1.54) is 36.4 Å². The normalized spacial score (nSPS) is 8.36. The second-order valence-corrected chi connectivity index (χ2v) is 3.61. The molecule has 1 radical (unpaired) electrons. The third-order valence-electron chi connectivity index (χ3n) is 2.25. The molecule has 2 aromatic rings. The van der Waals surface area contributed by atoms with Gasteiger partial charge in [0, 0.05) is 11.1 Å². The van der Waals surface area contributed by atoms with Gasteiger partial charge in [0.25, 0.3) is 0 Å². The van der Waals surface area contributed by atoms with Gasteiger partial charge in [-0.2, -0.15) is 0 Å². The van der Waals surface area contributed by atoms with E-state index in [9.17, 15) is 19.8 Å². The molecule has 2 rings (SSSR count). The van der Waals surface area contributed by atoms with Gasteiger partial charge >= 0.3 is 17.1 Å². The first-order valence-corrected chi connectivity index (χ1v) is 5.42. The summed E-state index contributed by atoms with van der Waals surface area (Å²) in [6.45, 7) is 0. The molecule has 0 atom stereocenters. The summed E-state index contributed by atoms with van der Waals surface area (Å²) >= 11 is 0. The third kappa shape index (κ3) is 6.27. The van der Waals surface area contributed by atoms with Crippen molar-refractivity contribution in [3.05, 3.63) is 59.7 Å². The van der Waals surface area contributed by atoms with Gasteiger partial charge in [-0.25, -0.2) is 0 Å². The van der Waals surface area contributed by atoms with E-state index in [-0.39, 0.29) is 45.2 Å². The topological polar surface area (TPSA) is 152 Å². The van der Waals surface area contributed by atoms with Crippen molar-refractivity contribution in [1.29, 1.82) is 0 Å². The Hall–Kier alpha value is -2.54. The zero-order valence-electron chi connectivity index (χ0n) is 10.9. The van der Waals surface area contributed by atoms with E-state index in [0.717, 1.165) is 0 Å². The van der Waals surface area contributed by atoms with Crippen LogP contribution in [-0.2, 0) is 17.1 Å². The second-order valence-electron chi connectivity index (χ2n) is 3.61. The maximum absolute atomic E-state index is 10.2. The van der Waals surface area contributed by atoms with Crippen LogP contribution < -0.4 is 10.2 Å². The molecule has 0 heterocycles. The molecule has 121 valence electrons. The first kappa shape index (κ1) is 21.8. The van der Waals surface area contributed by atoms with Crippen LogP contribution in [0.5, 0.6) is 11.5 Å². The van der Waals surface area contributed by atoms with Gasteiger partial charge < -0.3 is 35.5 Å². The molecule has 0 fully saturated rings. The molecule has 0 unspecified atom stereocenters. The Balaban J connectivity index is 0. The molecular weight excluding hydrogens is 344 g/mol. The summed E-state index contributed by atoms with van der Waals surface area (Å²) in [7, 11) is 0. The van der Waals surface area contributed by atoms with Gasteiger partial charge in [-0.3, -0.25) is 0 Å². The Bertz CT molecular complexity index is 573. The van der Waals surface area contributed by atoms with E-state index in [4.69, 9.17) is 10.2 Å². The Morgan fingerprint density at radius 1 is 0.727 bits per heavy atom. The van der Waals surface area contributed by atoms with Gasteiger partial charge in [-0.15, -0.1) is 0 Å². The minimum Gasteiger partial charge on any atom is -0.545 e. The summed E-state index contributed by atoms with van der Waals surface area (Å²) in [6, 6.07) is 11.3. The van der Waals surface area contributed by atoms with E-state index in [1.807, 2.05) is 0 Å². The fourth-order valence-electron chi connectivity index (χ4n) is 1.29. The predicted octanol–water partition coefficient (Wildman–Crippen LogP) is -1.32. The van der Waals surface area contributed by atoms with Crippen LogP contribution in [0.4, 0.5) is 0 Å². The van der Waals surface area contributed by atoms with Crippen molar-refractivity contribution in [3.8, 4) is 11.5 Å². The summed E-state index contributed by atoms with van der Waals surface area (Å²) in [5, 5.41) is 38.0. The summed E-state index contributed by atoms with van der Waals surface area (Å²) in [6.07, 6.45) is 0. The fraction of sp³-hybridized carbons (Fsp3) is 0. The minimum absolute atomic E-state index is 0. The quantitative estimate of drug-likeness (QED) is 0.637. The van der Waals surface area contributed by atoms with Crippen molar-refractivity contribution in [2.45, 2.75) is 0 Å². The molecule has 7 nitrogen and oxygen atoms in total. The predicted molar refractivity (Wildman–Crippen MR) is 68.5 cm³/mol. The van der Waals surface area contributed by atoms with Crippen molar-refractivity contribution in [2.24, 2.45) is 0 Å². The van der Waals surface area contributed by atoms with Crippen LogP contribution in [-0.4, -0.2) is 27.6 Å². The van der Waals surface area contributed by atoms with Crippen LogP contribution in [0, 0.1) is 0 Å². The Morgan fingerprint density at radius 3 is 1.18 bits per heavy atom. The summed E-state index contributed by atoms with van der Waals surface area (Å²) in [5.74, 6) is -3.25. The molecule has 0 bridgehead atoms. The molecule has 0 amide bonds. The summed E-state index contributed by atoms with van der Waals surface area (Å²) < 4.78 is 0. The largest absolute Gasteiger partial charge is 2.00 e. The zero-order valence-corrected chi connectivity index (χ0v) is 11.9. The number of hydrogen-bond acceptors (Lipinski definition) is 6. The monoisotopic (exact) mass is 355 g/mol. The SMILES string of the molecule is O.O=C([O-])c1ccccc1O.O=C([O-])c1ccccc1O.[Cu+2]. The van der Waals surface area contributed by atoms with E-state index < -0.39 is 11.9 Å². The molecule has 0 spiro atoms. The van der Waals surface area contributed by atoms with Crippen LogP contribution >= 0.6 is 0 Å². The minimum atomic E-state index is -1.36. The van der Waals surface area contributed by atoms with E-state index in [2.05, 4.69) is 0 Å². The zero-order chi connectivity index (χ0) is 15.1. The Morgan fingerprint density at radius 2 is 1.00 bits per heavy atom. The number of phenols is 2. The third-order valence-corrected chi connectivity index (χ3v) is 2.25. The maximum atomic E-state index is 10.2. The van der Waals surface area contributed by atoms with Crippen LogP contribution in [0.2, 0.25) is 0 Å². The van der Waals surface area contributed by atoms with Crippen molar-refractivity contribution in [1.82, 2.24) is 0 Å². The molecular formula is C14H12CuO7. The van der Waals surface area contributed by atoms with Crippen LogP contribution in [0.25, 0.3) is 0 Å². The number of aromatic hydroxyl groups is 2. The summed E-state index contributed by atoms with van der Waals surface area (Å²) in [4.78, 5) is 20.3. The van der Waals surface area contributed by atoms with Crippen molar-refractivity contribution in [3.63, 3.8) is 0 Å². The smallest absolute Gasteiger partial charge is 0.545 e. The molecule has 0 aliphatic heterocycles. The molecule has 0 aliphatic rings. The molecule has 22 heavy (non-hydrogen) atoms. The fourth-order valence-corrected chi connectivity index (χ4v) is 1.29. The number of carbonyl (C=O) groups is 2. The molecule has 0 saturated heterocycles. The molecule has 0 aliphatic carbocycles. The van der Waals surface area contributed by atoms with Gasteiger partial charge in [0.2, 0.25) is 0 Å². The van der Waals surface area contributed by atoms with Crippen molar-refractivity contribution >= 4 is 11.9 Å². The van der Waals surface area contributed by atoms with Crippen molar-refractivity contribution in [2.75, 3.05) is 0 Å². The number of benzene rings is 2. The number of carbonyl (C=O) groups excluding carboxylic acids is 2. The molecule has 4 N–H and O–H groups in total. The number of carboxylic acid groups (broad SMARTS) is 2. The average Bonchev–Trinajstić information content (AvgIpc) is 2.40. The van der Waals surface area contributed by atoms with Crippen LogP contribution in [0.1, 0.15) is 20.7 Å². The van der Waals surface area contributed by atoms with E-state index >= 15 is 0 Å². The molecule has 0 aromatic heterocycles. The first-order chi connectivity index (χ1) is 9.43. The van der Waals surface area contributed by atoms with E-state index in [0.29, 0.717) is 0 Å². The molecule has 2 aromatic carbocycles. The van der Waals surface area contributed by atoms with Gasteiger partial charge in [0.15, 0.2) is 0 Å². The maximum Gasteiger partial charge on any atom is 2.00 e. The Labute approximate surface area is 136 Å². The first-order valence-electron chi connectivity index (χ1n) is 5.42. The van der Waals surface area contributed by atoms with Gasteiger partial charge in [-0.1, -0.05) is 24.3 Å². The number of hydrogen-bond donors (Lipinski definition) is 2. The van der Waals surface area contributed by atoms with E-state index in [1.54, 1.807) is 12.1 Å². The summed E-state index contributed by atoms with van der Waals surface area (Å²) in [5.41, 5.74) is -0.356. The number of para-hydroxylation sites is 2. The average molecular weight is 356 g/mol. The second kappa shape index (κ2) is 10.2. The standard InChI is InChI=1S/2C7H6O3.Cu.H2O/c2*8-6-4-2-1-3-5(6)7(9)10;;/h2*1-4,8H,(H,9,10);;1H2/q;;+2;/p-2. The number of rotatable bonds is 2. The molecule has 0 saturated carbocycles.